The zero-order valence-electron chi connectivity index (χ0n) is 18.6. The first-order valence-electron chi connectivity index (χ1n) is 11.3. The molecule has 3 aromatic carbocycles. The van der Waals surface area contributed by atoms with Gasteiger partial charge in [0.2, 0.25) is 6.79 Å². The van der Waals surface area contributed by atoms with E-state index in [2.05, 4.69) is 38.1 Å². The van der Waals surface area contributed by atoms with Gasteiger partial charge in [-0.1, -0.05) is 56.3 Å². The Hall–Kier alpha value is -3.11. The molecule has 0 aromatic heterocycles. The summed E-state index contributed by atoms with van der Waals surface area (Å²) >= 11 is 0. The zero-order chi connectivity index (χ0) is 22.3. The lowest BCUT2D eigenvalue weighted by molar-refractivity contribution is -0.120. The van der Waals surface area contributed by atoms with Crippen LogP contribution in [0.3, 0.4) is 0 Å². The smallest absolute Gasteiger partial charge is 0.231 e. The topological polar surface area (TPSA) is 55.8 Å². The van der Waals surface area contributed by atoms with Crippen molar-refractivity contribution in [3.8, 4) is 22.6 Å². The van der Waals surface area contributed by atoms with Crippen molar-refractivity contribution < 1.29 is 20.8 Å². The van der Waals surface area contributed by atoms with E-state index in [0.717, 1.165) is 52.2 Å². The van der Waals surface area contributed by atoms with Crippen LogP contribution >= 0.6 is 0 Å². The molecule has 1 saturated carbocycles. The lowest BCUT2D eigenvalue weighted by Gasteiger charge is -2.18. The van der Waals surface area contributed by atoms with E-state index in [1.165, 1.54) is 5.56 Å². The molecule has 0 saturated heterocycles. The van der Waals surface area contributed by atoms with Crippen molar-refractivity contribution in [1.82, 2.24) is 0 Å². The zero-order valence-corrected chi connectivity index (χ0v) is 18.6. The van der Waals surface area contributed by atoms with Crippen molar-refractivity contribution in [2.24, 2.45) is 0 Å². The molecule has 0 atom stereocenters. The van der Waals surface area contributed by atoms with Crippen LogP contribution in [0.4, 0.5) is 0 Å². The van der Waals surface area contributed by atoms with Crippen LogP contribution in [0.5, 0.6) is 11.5 Å². The molecular weight excluding hydrogens is 400 g/mol. The third-order valence-corrected chi connectivity index (χ3v) is 6.73. The van der Waals surface area contributed by atoms with Crippen LogP contribution < -0.4 is 9.47 Å². The van der Waals surface area contributed by atoms with E-state index < -0.39 is 5.41 Å². The molecule has 4 heteroatoms. The van der Waals surface area contributed by atoms with Crippen LogP contribution in [0.2, 0.25) is 0 Å². The number of hydrogen-bond acceptors (Lipinski definition) is 4. The van der Waals surface area contributed by atoms with E-state index in [0.29, 0.717) is 12.3 Å². The largest absolute Gasteiger partial charge is 0.454 e. The number of hydrogen-bond donors (Lipinski definition) is 1. The average molecular weight is 431 g/mol. The molecule has 1 heterocycles. The minimum absolute atomic E-state index is 0. The van der Waals surface area contributed by atoms with Gasteiger partial charge in [-0.15, -0.1) is 0 Å². The summed E-state index contributed by atoms with van der Waals surface area (Å²) in [5.74, 6) is 2.09. The number of aliphatic hydroxyl groups excluding tert-OH is 1. The predicted octanol–water partition coefficient (Wildman–Crippen LogP) is 5.79. The molecule has 3 aromatic rings. The molecule has 1 aliphatic heterocycles. The van der Waals surface area contributed by atoms with Gasteiger partial charge in [-0.25, -0.2) is 0 Å². The van der Waals surface area contributed by atoms with Gasteiger partial charge >= 0.3 is 0 Å². The van der Waals surface area contributed by atoms with E-state index >= 15 is 0 Å². The van der Waals surface area contributed by atoms with Gasteiger partial charge in [0.25, 0.3) is 0 Å². The predicted molar refractivity (Wildman–Crippen MR) is 126 cm³/mol. The SMILES string of the molecule is CC(C)c1ccc(CC(=O)C2(c3ccc4c(c3)OCO4)CC2)cc1-c1cccc(CO)c1.[HH]. The molecule has 2 aliphatic rings. The highest BCUT2D eigenvalue weighted by atomic mass is 16.7. The number of ketones is 1. The molecular formula is C28H30O4. The van der Waals surface area contributed by atoms with Gasteiger partial charge in [-0.05, 0) is 70.3 Å². The summed E-state index contributed by atoms with van der Waals surface area (Å²) in [5.41, 5.74) is 5.98. The quantitative estimate of drug-likeness (QED) is 0.516. The van der Waals surface area contributed by atoms with E-state index in [1.54, 1.807) is 0 Å². The first-order valence-corrected chi connectivity index (χ1v) is 11.3. The monoisotopic (exact) mass is 430 g/mol. The van der Waals surface area contributed by atoms with Crippen LogP contribution in [0.25, 0.3) is 11.1 Å². The Morgan fingerprint density at radius 2 is 1.81 bits per heavy atom. The second kappa shape index (κ2) is 8.10. The Labute approximate surface area is 190 Å². The van der Waals surface area contributed by atoms with Crippen molar-refractivity contribution in [3.05, 3.63) is 82.9 Å². The van der Waals surface area contributed by atoms with Crippen molar-refractivity contribution in [2.45, 2.75) is 51.0 Å². The minimum Gasteiger partial charge on any atom is -0.454 e. The fourth-order valence-electron chi connectivity index (χ4n) is 4.71. The molecule has 0 radical (unpaired) electrons. The summed E-state index contributed by atoms with van der Waals surface area (Å²) in [4.78, 5) is 13.5. The lowest BCUT2D eigenvalue weighted by Crippen LogP contribution is -2.22. The van der Waals surface area contributed by atoms with Crippen LogP contribution in [0.15, 0.2) is 60.7 Å². The van der Waals surface area contributed by atoms with E-state index in [1.807, 2.05) is 36.4 Å². The maximum absolute atomic E-state index is 13.5. The third-order valence-electron chi connectivity index (χ3n) is 6.73. The summed E-state index contributed by atoms with van der Waals surface area (Å²) < 4.78 is 10.9. The fourth-order valence-corrected chi connectivity index (χ4v) is 4.71. The van der Waals surface area contributed by atoms with E-state index in [9.17, 15) is 9.90 Å². The minimum atomic E-state index is -0.408. The van der Waals surface area contributed by atoms with Gasteiger partial charge in [0.1, 0.15) is 5.78 Å². The highest BCUT2D eigenvalue weighted by molar-refractivity contribution is 5.95. The molecule has 1 N–H and O–H groups in total. The third kappa shape index (κ3) is 3.69. The van der Waals surface area contributed by atoms with Crippen molar-refractivity contribution in [3.63, 3.8) is 0 Å². The molecule has 5 rings (SSSR count). The number of carbonyl (C=O) groups is 1. The summed E-state index contributed by atoms with van der Waals surface area (Å²) in [6.07, 6.45) is 2.15. The van der Waals surface area contributed by atoms with Crippen molar-refractivity contribution in [1.29, 1.82) is 0 Å². The molecule has 166 valence electrons. The van der Waals surface area contributed by atoms with Gasteiger partial charge in [0.15, 0.2) is 11.5 Å². The summed E-state index contributed by atoms with van der Waals surface area (Å²) in [6.45, 7) is 4.61. The Balaban J connectivity index is 0.00000259. The molecule has 0 unspecified atom stereocenters. The summed E-state index contributed by atoms with van der Waals surface area (Å²) in [5, 5.41) is 9.56. The Bertz CT molecular complexity index is 1180. The number of fused-ring (bicyclic) bond motifs is 1. The summed E-state index contributed by atoms with van der Waals surface area (Å²) in [7, 11) is 0. The van der Waals surface area contributed by atoms with Crippen LogP contribution in [-0.4, -0.2) is 17.7 Å². The molecule has 0 spiro atoms. The maximum Gasteiger partial charge on any atom is 0.231 e. The molecule has 1 aliphatic carbocycles. The average Bonchev–Trinajstić information content (AvgIpc) is 3.49. The number of ether oxygens (including phenoxy) is 2. The molecule has 0 bridgehead atoms. The van der Waals surface area contributed by atoms with Gasteiger partial charge in [0.05, 0.1) is 12.0 Å². The van der Waals surface area contributed by atoms with Gasteiger partial charge < -0.3 is 14.6 Å². The van der Waals surface area contributed by atoms with E-state index in [-0.39, 0.29) is 20.6 Å². The van der Waals surface area contributed by atoms with Crippen LogP contribution in [0, 0.1) is 0 Å². The second-order valence-electron chi connectivity index (χ2n) is 9.18. The first-order chi connectivity index (χ1) is 15.5. The van der Waals surface area contributed by atoms with Gasteiger partial charge in [-0.2, -0.15) is 0 Å². The summed E-state index contributed by atoms with van der Waals surface area (Å²) in [6, 6.07) is 20.3. The van der Waals surface area contributed by atoms with Crippen molar-refractivity contribution in [2.75, 3.05) is 6.79 Å². The Morgan fingerprint density at radius 3 is 2.56 bits per heavy atom. The van der Waals surface area contributed by atoms with Crippen LogP contribution in [0.1, 0.15) is 56.3 Å². The van der Waals surface area contributed by atoms with Gasteiger partial charge in [0, 0.05) is 7.85 Å². The second-order valence-corrected chi connectivity index (χ2v) is 9.18. The standard InChI is InChI=1S/C28H28O4.H2/c1-18(2)23-8-6-19(13-24(23)21-5-3-4-20(12-21)16-29)14-27(30)28(10-11-28)22-7-9-25-26(15-22)32-17-31-25;/h3-9,12-13,15,18,29H,10-11,14,16-17H2,1-2H3;1H. The van der Waals surface area contributed by atoms with E-state index in [4.69, 9.17) is 9.47 Å². The molecule has 0 amide bonds. The number of Topliss-reactive ketones (excluding diaryl/α,β-unsaturated/α-hetero) is 1. The Kier molecular flexibility index (Phi) is 5.26. The Morgan fingerprint density at radius 1 is 1.00 bits per heavy atom. The lowest BCUT2D eigenvalue weighted by atomic mass is 9.85. The number of benzene rings is 3. The van der Waals surface area contributed by atoms with Crippen LogP contribution in [-0.2, 0) is 23.2 Å². The number of carbonyl (C=O) groups excluding carboxylic acids is 1. The highest BCUT2D eigenvalue weighted by Crippen LogP contribution is 2.51. The maximum atomic E-state index is 13.5. The molecule has 32 heavy (non-hydrogen) atoms. The fraction of sp³-hybridized carbons (Fsp3) is 0.321. The molecule has 4 nitrogen and oxygen atoms in total. The number of rotatable bonds is 7. The molecule has 1 fully saturated rings. The van der Waals surface area contributed by atoms with Gasteiger partial charge in [-0.3, -0.25) is 4.79 Å². The number of aliphatic hydroxyl groups is 1. The normalized spacial score (nSPS) is 15.8. The first kappa shape index (κ1) is 20.8. The highest BCUT2D eigenvalue weighted by Gasteiger charge is 2.50. The van der Waals surface area contributed by atoms with Crippen molar-refractivity contribution >= 4 is 5.78 Å².